The molecule has 0 aromatic rings. The molecule has 2 atom stereocenters. The van der Waals surface area contributed by atoms with E-state index in [9.17, 15) is 0 Å². The first-order chi connectivity index (χ1) is 9.69. The first-order valence-corrected chi connectivity index (χ1v) is 8.82. The van der Waals surface area contributed by atoms with E-state index >= 15 is 0 Å². The summed E-state index contributed by atoms with van der Waals surface area (Å²) in [6.45, 7) is 12.3. The average Bonchev–Trinajstić information content (AvgIpc) is 2.61. The SMILES string of the molecule is CCCC1(CN2CCCN(C)CC2CC)CCCNC1. The van der Waals surface area contributed by atoms with Gasteiger partial charge in [0.1, 0.15) is 0 Å². The lowest BCUT2D eigenvalue weighted by Gasteiger charge is -2.43. The van der Waals surface area contributed by atoms with Crippen LogP contribution in [0.15, 0.2) is 0 Å². The summed E-state index contributed by atoms with van der Waals surface area (Å²) in [7, 11) is 2.29. The zero-order chi connectivity index (χ0) is 14.4. The van der Waals surface area contributed by atoms with Crippen molar-refractivity contribution < 1.29 is 0 Å². The van der Waals surface area contributed by atoms with Gasteiger partial charge in [-0.25, -0.2) is 0 Å². The second kappa shape index (κ2) is 7.77. The van der Waals surface area contributed by atoms with Crippen molar-refractivity contribution in [3.8, 4) is 0 Å². The van der Waals surface area contributed by atoms with Crippen LogP contribution in [-0.2, 0) is 0 Å². The third-order valence-electron chi connectivity index (χ3n) is 5.37. The minimum Gasteiger partial charge on any atom is -0.316 e. The minimum absolute atomic E-state index is 0.545. The lowest BCUT2D eigenvalue weighted by molar-refractivity contribution is 0.0759. The van der Waals surface area contributed by atoms with Crippen molar-refractivity contribution in [2.45, 2.75) is 58.4 Å². The molecular formula is C17H35N3. The van der Waals surface area contributed by atoms with Crippen molar-refractivity contribution in [1.29, 1.82) is 0 Å². The van der Waals surface area contributed by atoms with Crippen LogP contribution >= 0.6 is 0 Å². The molecule has 0 bridgehead atoms. The number of likely N-dealkylation sites (N-methyl/N-ethyl adjacent to an activating group) is 1. The summed E-state index contributed by atoms with van der Waals surface area (Å²) >= 11 is 0. The number of nitrogens with zero attached hydrogens (tertiary/aromatic N) is 2. The molecule has 3 heteroatoms. The summed E-state index contributed by atoms with van der Waals surface area (Å²) in [6, 6.07) is 0.762. The molecule has 2 aliphatic rings. The molecule has 3 nitrogen and oxygen atoms in total. The predicted molar refractivity (Wildman–Crippen MR) is 87.2 cm³/mol. The molecule has 2 fully saturated rings. The van der Waals surface area contributed by atoms with Gasteiger partial charge in [0.05, 0.1) is 0 Å². The summed E-state index contributed by atoms with van der Waals surface area (Å²) in [4.78, 5) is 5.35. The van der Waals surface area contributed by atoms with E-state index in [0.29, 0.717) is 5.41 Å². The van der Waals surface area contributed by atoms with E-state index in [2.05, 4.69) is 36.0 Å². The van der Waals surface area contributed by atoms with Crippen LogP contribution in [0.25, 0.3) is 0 Å². The maximum Gasteiger partial charge on any atom is 0.0220 e. The molecule has 0 saturated carbocycles. The van der Waals surface area contributed by atoms with Gasteiger partial charge in [-0.1, -0.05) is 20.3 Å². The summed E-state index contributed by atoms with van der Waals surface area (Å²) in [5.41, 5.74) is 0.545. The second-order valence-corrected chi connectivity index (χ2v) is 7.18. The number of hydrogen-bond donors (Lipinski definition) is 1. The molecule has 0 aromatic heterocycles. The van der Waals surface area contributed by atoms with Gasteiger partial charge >= 0.3 is 0 Å². The summed E-state index contributed by atoms with van der Waals surface area (Å²) in [5.74, 6) is 0. The zero-order valence-corrected chi connectivity index (χ0v) is 14.0. The fourth-order valence-electron chi connectivity index (χ4n) is 4.31. The Balaban J connectivity index is 2.03. The van der Waals surface area contributed by atoms with Crippen LogP contribution in [0.3, 0.4) is 0 Å². The zero-order valence-electron chi connectivity index (χ0n) is 14.0. The Morgan fingerprint density at radius 2 is 2.05 bits per heavy atom. The van der Waals surface area contributed by atoms with Crippen LogP contribution in [0.2, 0.25) is 0 Å². The van der Waals surface area contributed by atoms with E-state index in [1.807, 2.05) is 0 Å². The Kier molecular flexibility index (Phi) is 6.31. The quantitative estimate of drug-likeness (QED) is 0.835. The Hall–Kier alpha value is -0.120. The highest BCUT2D eigenvalue weighted by molar-refractivity contribution is 4.90. The predicted octanol–water partition coefficient (Wildman–Crippen LogP) is 2.57. The van der Waals surface area contributed by atoms with E-state index in [-0.39, 0.29) is 0 Å². The molecule has 0 spiro atoms. The molecule has 0 aliphatic carbocycles. The van der Waals surface area contributed by atoms with Crippen molar-refractivity contribution in [3.63, 3.8) is 0 Å². The van der Waals surface area contributed by atoms with Gasteiger partial charge in [0.15, 0.2) is 0 Å². The number of rotatable bonds is 5. The van der Waals surface area contributed by atoms with Gasteiger partial charge in [-0.15, -0.1) is 0 Å². The third-order valence-corrected chi connectivity index (χ3v) is 5.37. The largest absolute Gasteiger partial charge is 0.316 e. The summed E-state index contributed by atoms with van der Waals surface area (Å²) < 4.78 is 0. The van der Waals surface area contributed by atoms with E-state index in [0.717, 1.165) is 6.04 Å². The maximum atomic E-state index is 3.67. The van der Waals surface area contributed by atoms with Crippen LogP contribution in [0.4, 0.5) is 0 Å². The lowest BCUT2D eigenvalue weighted by atomic mass is 9.76. The summed E-state index contributed by atoms with van der Waals surface area (Å²) in [5, 5.41) is 3.67. The molecular weight excluding hydrogens is 246 g/mol. The van der Waals surface area contributed by atoms with E-state index < -0.39 is 0 Å². The molecule has 0 amide bonds. The van der Waals surface area contributed by atoms with Crippen LogP contribution < -0.4 is 5.32 Å². The number of hydrogen-bond acceptors (Lipinski definition) is 3. The Morgan fingerprint density at radius 1 is 1.20 bits per heavy atom. The van der Waals surface area contributed by atoms with E-state index in [4.69, 9.17) is 0 Å². The Morgan fingerprint density at radius 3 is 2.70 bits per heavy atom. The van der Waals surface area contributed by atoms with Gasteiger partial charge in [-0.2, -0.15) is 0 Å². The third kappa shape index (κ3) is 4.19. The monoisotopic (exact) mass is 281 g/mol. The molecule has 0 radical (unpaired) electrons. The van der Waals surface area contributed by atoms with Gasteiger partial charge in [-0.05, 0) is 64.2 Å². The van der Waals surface area contributed by atoms with Crippen LogP contribution in [0.5, 0.6) is 0 Å². The fraction of sp³-hybridized carbons (Fsp3) is 1.00. The smallest absolute Gasteiger partial charge is 0.0220 e. The minimum atomic E-state index is 0.545. The van der Waals surface area contributed by atoms with Gasteiger partial charge in [0.25, 0.3) is 0 Å². The lowest BCUT2D eigenvalue weighted by Crippen LogP contribution is -2.51. The van der Waals surface area contributed by atoms with Gasteiger partial charge in [0, 0.05) is 25.7 Å². The summed E-state index contributed by atoms with van der Waals surface area (Å²) in [6.07, 6.45) is 8.14. The van der Waals surface area contributed by atoms with Crippen LogP contribution in [0.1, 0.15) is 52.4 Å². The van der Waals surface area contributed by atoms with Crippen molar-refractivity contribution in [3.05, 3.63) is 0 Å². The first-order valence-electron chi connectivity index (χ1n) is 8.82. The average molecular weight is 281 g/mol. The van der Waals surface area contributed by atoms with E-state index in [1.54, 1.807) is 0 Å². The molecule has 2 aliphatic heterocycles. The van der Waals surface area contributed by atoms with Crippen molar-refractivity contribution >= 4 is 0 Å². The second-order valence-electron chi connectivity index (χ2n) is 7.18. The Labute approximate surface area is 126 Å². The highest BCUT2D eigenvalue weighted by Crippen LogP contribution is 2.33. The fourth-order valence-corrected chi connectivity index (χ4v) is 4.31. The molecule has 2 saturated heterocycles. The van der Waals surface area contributed by atoms with Gasteiger partial charge in [-0.3, -0.25) is 4.90 Å². The molecule has 2 heterocycles. The molecule has 0 aromatic carbocycles. The molecule has 118 valence electrons. The van der Waals surface area contributed by atoms with Crippen molar-refractivity contribution in [1.82, 2.24) is 15.1 Å². The number of nitrogens with one attached hydrogen (secondary N) is 1. The normalized spacial score (nSPS) is 34.0. The van der Waals surface area contributed by atoms with Crippen LogP contribution in [0, 0.1) is 5.41 Å². The first kappa shape index (κ1) is 16.3. The van der Waals surface area contributed by atoms with Crippen molar-refractivity contribution in [2.24, 2.45) is 5.41 Å². The maximum absolute atomic E-state index is 3.67. The molecule has 2 unspecified atom stereocenters. The van der Waals surface area contributed by atoms with E-state index in [1.165, 1.54) is 77.8 Å². The topological polar surface area (TPSA) is 18.5 Å². The Bertz CT molecular complexity index is 268. The molecule has 2 rings (SSSR count). The molecule has 1 N–H and O–H groups in total. The van der Waals surface area contributed by atoms with Crippen molar-refractivity contribution in [2.75, 3.05) is 46.3 Å². The van der Waals surface area contributed by atoms with Crippen LogP contribution in [-0.4, -0.2) is 62.2 Å². The highest BCUT2D eigenvalue weighted by atomic mass is 15.2. The highest BCUT2D eigenvalue weighted by Gasteiger charge is 2.35. The van der Waals surface area contributed by atoms with Gasteiger partial charge in [0.2, 0.25) is 0 Å². The van der Waals surface area contributed by atoms with Gasteiger partial charge < -0.3 is 10.2 Å². The standard InChI is InChI=1S/C17H35N3/c1-4-8-17(9-6-10-18-14-17)15-20-12-7-11-19(3)13-16(20)5-2/h16,18H,4-15H2,1-3H3. The molecule has 20 heavy (non-hydrogen) atoms. The number of piperidine rings is 1.